The first-order chi connectivity index (χ1) is 8.13. The Kier molecular flexibility index (Phi) is 1.86. The molecule has 84 valence electrons. The van der Waals surface area contributed by atoms with Crippen LogP contribution in [0, 0.1) is 0 Å². The Morgan fingerprint density at radius 1 is 0.765 bits per heavy atom. The monoisotopic (exact) mass is 227 g/mol. The lowest BCUT2D eigenvalue weighted by molar-refractivity contribution is 0.455. The van der Waals surface area contributed by atoms with E-state index in [4.69, 9.17) is 0 Å². The molecule has 0 amide bonds. The molecule has 0 fully saturated rings. The molecule has 0 saturated carbocycles. The molecule has 3 N–H and O–H groups in total. The van der Waals surface area contributed by atoms with Crippen molar-refractivity contribution in [1.82, 2.24) is 4.98 Å². The Hall–Kier alpha value is -2.49. The summed E-state index contributed by atoms with van der Waals surface area (Å²) in [6.07, 6.45) is 0. The van der Waals surface area contributed by atoms with Gasteiger partial charge < -0.3 is 15.3 Å². The molecular weight excluding hydrogens is 218 g/mol. The SMILES string of the molecule is Oc1ccc2nc3cc(O)cc(O)c3cc2c1. The van der Waals surface area contributed by atoms with Crippen LogP contribution in [0.15, 0.2) is 36.4 Å². The molecule has 4 nitrogen and oxygen atoms in total. The second-order valence-electron chi connectivity index (χ2n) is 3.90. The zero-order chi connectivity index (χ0) is 12.0. The third-order valence-electron chi connectivity index (χ3n) is 2.67. The summed E-state index contributed by atoms with van der Waals surface area (Å²) in [6.45, 7) is 0. The lowest BCUT2D eigenvalue weighted by Gasteiger charge is -2.04. The Morgan fingerprint density at radius 2 is 1.59 bits per heavy atom. The molecule has 0 bridgehead atoms. The molecule has 2 aromatic carbocycles. The molecule has 4 heteroatoms. The number of phenols is 3. The minimum Gasteiger partial charge on any atom is -0.508 e. The number of rotatable bonds is 0. The smallest absolute Gasteiger partial charge is 0.128 e. The highest BCUT2D eigenvalue weighted by molar-refractivity contribution is 5.96. The quantitative estimate of drug-likeness (QED) is 0.516. The molecule has 0 atom stereocenters. The number of phenolic OH excluding ortho intramolecular Hbond substituents is 3. The van der Waals surface area contributed by atoms with E-state index in [-0.39, 0.29) is 17.2 Å². The number of aromatic hydroxyl groups is 3. The fourth-order valence-electron chi connectivity index (χ4n) is 1.89. The first-order valence-electron chi connectivity index (χ1n) is 5.09. The molecule has 0 aliphatic heterocycles. The van der Waals surface area contributed by atoms with Crippen LogP contribution in [-0.4, -0.2) is 20.3 Å². The molecule has 0 spiro atoms. The normalized spacial score (nSPS) is 11.1. The molecule has 17 heavy (non-hydrogen) atoms. The van der Waals surface area contributed by atoms with Crippen molar-refractivity contribution < 1.29 is 15.3 Å². The molecular formula is C13H9NO3. The zero-order valence-corrected chi connectivity index (χ0v) is 8.75. The maximum absolute atomic E-state index is 9.72. The molecule has 3 aromatic rings. The fourth-order valence-corrected chi connectivity index (χ4v) is 1.89. The fraction of sp³-hybridized carbons (Fsp3) is 0. The Labute approximate surface area is 96.4 Å². The predicted octanol–water partition coefficient (Wildman–Crippen LogP) is 2.50. The minimum atomic E-state index is -0.0299. The Balaban J connectivity index is 2.48. The van der Waals surface area contributed by atoms with Gasteiger partial charge in [0.25, 0.3) is 0 Å². The van der Waals surface area contributed by atoms with E-state index in [0.717, 1.165) is 5.39 Å². The summed E-state index contributed by atoms with van der Waals surface area (Å²) in [7, 11) is 0. The number of aromatic nitrogens is 1. The van der Waals surface area contributed by atoms with Crippen LogP contribution in [-0.2, 0) is 0 Å². The zero-order valence-electron chi connectivity index (χ0n) is 8.75. The molecule has 1 aromatic heterocycles. The standard InChI is InChI=1S/C13H9NO3/c15-8-1-2-11-7(3-8)4-10-12(14-11)5-9(16)6-13(10)17/h1-6,15-17H. The van der Waals surface area contributed by atoms with Gasteiger partial charge in [0.2, 0.25) is 0 Å². The summed E-state index contributed by atoms with van der Waals surface area (Å²) < 4.78 is 0. The van der Waals surface area contributed by atoms with Gasteiger partial charge in [0.1, 0.15) is 17.2 Å². The number of hydrogen-bond donors (Lipinski definition) is 3. The highest BCUT2D eigenvalue weighted by Gasteiger charge is 2.06. The Bertz CT molecular complexity index is 737. The van der Waals surface area contributed by atoms with Gasteiger partial charge in [-0.3, -0.25) is 0 Å². The van der Waals surface area contributed by atoms with E-state index in [1.54, 1.807) is 24.3 Å². The van der Waals surface area contributed by atoms with E-state index in [0.29, 0.717) is 16.4 Å². The van der Waals surface area contributed by atoms with E-state index in [9.17, 15) is 15.3 Å². The largest absolute Gasteiger partial charge is 0.508 e. The average molecular weight is 227 g/mol. The molecule has 3 rings (SSSR count). The molecule has 0 aliphatic carbocycles. The van der Waals surface area contributed by atoms with Crippen LogP contribution in [0.1, 0.15) is 0 Å². The molecule has 1 heterocycles. The van der Waals surface area contributed by atoms with E-state index in [1.807, 2.05) is 0 Å². The van der Waals surface area contributed by atoms with Gasteiger partial charge in [-0.2, -0.15) is 0 Å². The van der Waals surface area contributed by atoms with Crippen LogP contribution in [0.3, 0.4) is 0 Å². The van der Waals surface area contributed by atoms with E-state index >= 15 is 0 Å². The van der Waals surface area contributed by atoms with Gasteiger partial charge in [0, 0.05) is 22.9 Å². The van der Waals surface area contributed by atoms with Crippen LogP contribution < -0.4 is 0 Å². The summed E-state index contributed by atoms with van der Waals surface area (Å²) in [5.74, 6) is 0.0929. The highest BCUT2D eigenvalue weighted by atomic mass is 16.3. The van der Waals surface area contributed by atoms with Crippen molar-refractivity contribution in [2.24, 2.45) is 0 Å². The number of nitrogens with zero attached hydrogens (tertiary/aromatic N) is 1. The summed E-state index contributed by atoms with van der Waals surface area (Å²) in [4.78, 5) is 4.31. The van der Waals surface area contributed by atoms with E-state index in [1.165, 1.54) is 12.1 Å². The average Bonchev–Trinajstić information content (AvgIpc) is 2.27. The van der Waals surface area contributed by atoms with E-state index in [2.05, 4.69) is 4.98 Å². The number of benzene rings is 2. The van der Waals surface area contributed by atoms with Crippen LogP contribution in [0.2, 0.25) is 0 Å². The summed E-state index contributed by atoms with van der Waals surface area (Å²) in [5, 5.41) is 29.8. The van der Waals surface area contributed by atoms with Crippen molar-refractivity contribution >= 4 is 21.8 Å². The van der Waals surface area contributed by atoms with Gasteiger partial charge in [-0.25, -0.2) is 4.98 Å². The lowest BCUT2D eigenvalue weighted by atomic mass is 10.1. The summed E-state index contributed by atoms with van der Waals surface area (Å²) in [5.41, 5.74) is 1.21. The van der Waals surface area contributed by atoms with Crippen molar-refractivity contribution in [3.63, 3.8) is 0 Å². The second kappa shape index (κ2) is 3.25. The topological polar surface area (TPSA) is 73.6 Å². The van der Waals surface area contributed by atoms with Gasteiger partial charge in [-0.05, 0) is 24.3 Å². The Morgan fingerprint density at radius 3 is 2.41 bits per heavy atom. The summed E-state index contributed by atoms with van der Waals surface area (Å²) in [6, 6.07) is 9.29. The second-order valence-corrected chi connectivity index (χ2v) is 3.90. The summed E-state index contributed by atoms with van der Waals surface area (Å²) >= 11 is 0. The van der Waals surface area contributed by atoms with Crippen LogP contribution >= 0.6 is 0 Å². The van der Waals surface area contributed by atoms with Gasteiger partial charge in [0.05, 0.1) is 11.0 Å². The van der Waals surface area contributed by atoms with Crippen molar-refractivity contribution in [1.29, 1.82) is 0 Å². The van der Waals surface area contributed by atoms with Crippen molar-refractivity contribution in [2.75, 3.05) is 0 Å². The number of pyridine rings is 1. The van der Waals surface area contributed by atoms with E-state index < -0.39 is 0 Å². The molecule has 0 radical (unpaired) electrons. The van der Waals surface area contributed by atoms with Crippen LogP contribution in [0.5, 0.6) is 17.2 Å². The molecule has 0 saturated heterocycles. The predicted molar refractivity (Wildman–Crippen MR) is 64.2 cm³/mol. The third kappa shape index (κ3) is 1.50. The highest BCUT2D eigenvalue weighted by Crippen LogP contribution is 2.31. The van der Waals surface area contributed by atoms with Gasteiger partial charge in [-0.15, -0.1) is 0 Å². The van der Waals surface area contributed by atoms with Crippen LogP contribution in [0.25, 0.3) is 21.8 Å². The first-order valence-corrected chi connectivity index (χ1v) is 5.09. The minimum absolute atomic E-state index is 0.0272. The number of fused-ring (bicyclic) bond motifs is 2. The maximum atomic E-state index is 9.72. The number of hydrogen-bond acceptors (Lipinski definition) is 4. The van der Waals surface area contributed by atoms with Gasteiger partial charge >= 0.3 is 0 Å². The van der Waals surface area contributed by atoms with Crippen molar-refractivity contribution in [2.45, 2.75) is 0 Å². The lowest BCUT2D eigenvalue weighted by Crippen LogP contribution is -1.83. The van der Waals surface area contributed by atoms with Gasteiger partial charge in [0.15, 0.2) is 0 Å². The van der Waals surface area contributed by atoms with Crippen molar-refractivity contribution in [3.8, 4) is 17.2 Å². The van der Waals surface area contributed by atoms with Crippen molar-refractivity contribution in [3.05, 3.63) is 36.4 Å². The third-order valence-corrected chi connectivity index (χ3v) is 2.67. The molecule has 0 unspecified atom stereocenters. The molecule has 0 aliphatic rings. The first kappa shape index (κ1) is 9.72. The maximum Gasteiger partial charge on any atom is 0.128 e. The van der Waals surface area contributed by atoms with Gasteiger partial charge in [-0.1, -0.05) is 0 Å². The van der Waals surface area contributed by atoms with Crippen LogP contribution in [0.4, 0.5) is 0 Å².